The van der Waals surface area contributed by atoms with Gasteiger partial charge in [-0.1, -0.05) is 18.2 Å². The Hall–Kier alpha value is -1.02. The van der Waals surface area contributed by atoms with Crippen molar-refractivity contribution in [2.45, 2.75) is 32.7 Å². The van der Waals surface area contributed by atoms with Crippen LogP contribution in [0.15, 0.2) is 24.3 Å². The molecule has 1 rings (SSSR count). The smallest absolute Gasteiger partial charge is 0.251 e. The fraction of sp³-hybridized carbons (Fsp3) is 0.462. The summed E-state index contributed by atoms with van der Waals surface area (Å²) in [6, 6.07) is 7.57. The lowest BCUT2D eigenvalue weighted by Crippen LogP contribution is -2.43. The van der Waals surface area contributed by atoms with Gasteiger partial charge in [0, 0.05) is 17.0 Å². The summed E-state index contributed by atoms with van der Waals surface area (Å²) in [4.78, 5) is 12.0. The lowest BCUT2D eigenvalue weighted by atomic mass is 10.0. The van der Waals surface area contributed by atoms with Crippen LogP contribution in [0.25, 0.3) is 0 Å². The van der Waals surface area contributed by atoms with Crippen LogP contribution in [-0.2, 0) is 0 Å². The van der Waals surface area contributed by atoms with E-state index in [0.29, 0.717) is 5.88 Å². The van der Waals surface area contributed by atoms with Crippen LogP contribution in [0.1, 0.15) is 36.2 Å². The number of rotatable bonds is 4. The molecule has 0 bridgehead atoms. The SMILES string of the molecule is Cc1ccccc1C(=O)NC(C)(C)CCCl. The molecule has 0 spiro atoms. The molecule has 3 heteroatoms. The van der Waals surface area contributed by atoms with Crippen LogP contribution >= 0.6 is 11.6 Å². The highest BCUT2D eigenvalue weighted by atomic mass is 35.5. The molecule has 1 aromatic rings. The first-order valence-electron chi connectivity index (χ1n) is 5.40. The highest BCUT2D eigenvalue weighted by Gasteiger charge is 2.20. The highest BCUT2D eigenvalue weighted by molar-refractivity contribution is 6.17. The summed E-state index contributed by atoms with van der Waals surface area (Å²) in [6.07, 6.45) is 0.756. The van der Waals surface area contributed by atoms with Crippen LogP contribution in [-0.4, -0.2) is 17.3 Å². The van der Waals surface area contributed by atoms with Crippen molar-refractivity contribution in [2.24, 2.45) is 0 Å². The highest BCUT2D eigenvalue weighted by Crippen LogP contribution is 2.13. The average molecular weight is 240 g/mol. The molecule has 1 aromatic carbocycles. The Kier molecular flexibility index (Phi) is 4.36. The van der Waals surface area contributed by atoms with Gasteiger partial charge in [0.1, 0.15) is 0 Å². The molecule has 0 heterocycles. The molecule has 0 radical (unpaired) electrons. The minimum absolute atomic E-state index is 0.0341. The lowest BCUT2D eigenvalue weighted by Gasteiger charge is -2.25. The van der Waals surface area contributed by atoms with Gasteiger partial charge in [0.2, 0.25) is 0 Å². The summed E-state index contributed by atoms with van der Waals surface area (Å²) >= 11 is 5.70. The second-order valence-corrected chi connectivity index (χ2v) is 4.97. The Labute approximate surface area is 102 Å². The zero-order valence-corrected chi connectivity index (χ0v) is 10.8. The fourth-order valence-corrected chi connectivity index (χ4v) is 1.97. The van der Waals surface area contributed by atoms with Crippen molar-refractivity contribution in [3.05, 3.63) is 35.4 Å². The summed E-state index contributed by atoms with van der Waals surface area (Å²) in [5.41, 5.74) is 1.45. The second-order valence-electron chi connectivity index (χ2n) is 4.59. The third-order valence-corrected chi connectivity index (χ3v) is 2.75. The summed E-state index contributed by atoms with van der Waals surface area (Å²) in [5, 5.41) is 2.99. The van der Waals surface area contributed by atoms with Crippen molar-refractivity contribution < 1.29 is 4.79 Å². The van der Waals surface area contributed by atoms with Crippen LogP contribution in [0.4, 0.5) is 0 Å². The van der Waals surface area contributed by atoms with E-state index < -0.39 is 0 Å². The number of carbonyl (C=O) groups is 1. The number of hydrogen-bond donors (Lipinski definition) is 1. The number of nitrogens with one attached hydrogen (secondary N) is 1. The number of amides is 1. The van der Waals surface area contributed by atoms with Crippen molar-refractivity contribution >= 4 is 17.5 Å². The maximum Gasteiger partial charge on any atom is 0.251 e. The fourth-order valence-electron chi connectivity index (χ4n) is 1.50. The second kappa shape index (κ2) is 5.35. The topological polar surface area (TPSA) is 29.1 Å². The zero-order valence-electron chi connectivity index (χ0n) is 10.0. The average Bonchev–Trinajstić information content (AvgIpc) is 2.17. The van der Waals surface area contributed by atoms with Crippen molar-refractivity contribution in [2.75, 3.05) is 5.88 Å². The molecule has 0 aliphatic carbocycles. The predicted molar refractivity (Wildman–Crippen MR) is 68.1 cm³/mol. The van der Waals surface area contributed by atoms with Gasteiger partial charge in [-0.25, -0.2) is 0 Å². The predicted octanol–water partition coefficient (Wildman–Crippen LogP) is 3.13. The molecule has 0 saturated heterocycles. The Morgan fingerprint density at radius 2 is 2.00 bits per heavy atom. The zero-order chi connectivity index (χ0) is 12.2. The maximum atomic E-state index is 12.0. The summed E-state index contributed by atoms with van der Waals surface area (Å²) in [7, 11) is 0. The Morgan fingerprint density at radius 3 is 2.56 bits per heavy atom. The first-order valence-corrected chi connectivity index (χ1v) is 5.94. The number of hydrogen-bond acceptors (Lipinski definition) is 1. The van der Waals surface area contributed by atoms with E-state index in [4.69, 9.17) is 11.6 Å². The molecule has 0 saturated carbocycles. The van der Waals surface area contributed by atoms with Crippen molar-refractivity contribution in [3.8, 4) is 0 Å². The maximum absolute atomic E-state index is 12.0. The number of alkyl halides is 1. The van der Waals surface area contributed by atoms with Gasteiger partial charge in [-0.15, -0.1) is 11.6 Å². The third kappa shape index (κ3) is 3.53. The minimum atomic E-state index is -0.263. The Balaban J connectivity index is 2.77. The minimum Gasteiger partial charge on any atom is -0.347 e. The first kappa shape index (κ1) is 13.0. The molecular weight excluding hydrogens is 222 g/mol. The number of benzene rings is 1. The van der Waals surface area contributed by atoms with Crippen molar-refractivity contribution in [1.82, 2.24) is 5.32 Å². The quantitative estimate of drug-likeness (QED) is 0.804. The van der Waals surface area contributed by atoms with Crippen LogP contribution in [0, 0.1) is 6.92 Å². The molecule has 0 fully saturated rings. The van der Waals surface area contributed by atoms with E-state index in [1.54, 1.807) is 0 Å². The van der Waals surface area contributed by atoms with Gasteiger partial charge in [-0.3, -0.25) is 4.79 Å². The summed E-state index contributed by atoms with van der Waals surface area (Å²) in [6.45, 7) is 5.89. The van der Waals surface area contributed by atoms with Crippen molar-refractivity contribution in [3.63, 3.8) is 0 Å². The van der Waals surface area contributed by atoms with E-state index in [-0.39, 0.29) is 11.4 Å². The van der Waals surface area contributed by atoms with Crippen LogP contribution in [0.5, 0.6) is 0 Å². The van der Waals surface area contributed by atoms with Crippen molar-refractivity contribution in [1.29, 1.82) is 0 Å². The van der Waals surface area contributed by atoms with Crippen LogP contribution in [0.3, 0.4) is 0 Å². The lowest BCUT2D eigenvalue weighted by molar-refractivity contribution is 0.0911. The number of aryl methyl sites for hydroxylation is 1. The number of halogens is 1. The molecule has 88 valence electrons. The molecule has 2 nitrogen and oxygen atoms in total. The third-order valence-electron chi connectivity index (χ3n) is 2.56. The molecule has 1 amide bonds. The summed E-state index contributed by atoms with van der Waals surface area (Å²) in [5.74, 6) is 0.509. The van der Waals surface area contributed by atoms with E-state index in [2.05, 4.69) is 5.32 Å². The van der Waals surface area contributed by atoms with Gasteiger partial charge >= 0.3 is 0 Å². The van der Waals surface area contributed by atoms with Gasteiger partial charge in [0.15, 0.2) is 0 Å². The summed E-state index contributed by atoms with van der Waals surface area (Å²) < 4.78 is 0. The standard InChI is InChI=1S/C13H18ClNO/c1-10-6-4-5-7-11(10)12(16)15-13(2,3)8-9-14/h4-7H,8-9H2,1-3H3,(H,15,16). The molecular formula is C13H18ClNO. The van der Waals surface area contributed by atoms with Gasteiger partial charge in [-0.05, 0) is 38.8 Å². The van der Waals surface area contributed by atoms with Gasteiger partial charge in [0.05, 0.1) is 0 Å². The molecule has 0 unspecified atom stereocenters. The molecule has 0 aromatic heterocycles. The van der Waals surface area contributed by atoms with E-state index >= 15 is 0 Å². The molecule has 0 aliphatic heterocycles. The molecule has 0 aliphatic rings. The van der Waals surface area contributed by atoms with E-state index in [1.165, 1.54) is 0 Å². The monoisotopic (exact) mass is 239 g/mol. The van der Waals surface area contributed by atoms with Crippen LogP contribution in [0.2, 0.25) is 0 Å². The molecule has 16 heavy (non-hydrogen) atoms. The number of carbonyl (C=O) groups excluding carboxylic acids is 1. The normalized spacial score (nSPS) is 11.2. The molecule has 0 atom stereocenters. The van der Waals surface area contributed by atoms with Gasteiger partial charge in [0.25, 0.3) is 5.91 Å². The first-order chi connectivity index (χ1) is 7.46. The van der Waals surface area contributed by atoms with Gasteiger partial charge in [-0.2, -0.15) is 0 Å². The van der Waals surface area contributed by atoms with Gasteiger partial charge < -0.3 is 5.32 Å². The molecule has 1 N–H and O–H groups in total. The Bertz CT molecular complexity index is 374. The van der Waals surface area contributed by atoms with E-state index in [1.807, 2.05) is 45.0 Å². The Morgan fingerprint density at radius 1 is 1.38 bits per heavy atom. The van der Waals surface area contributed by atoms with E-state index in [9.17, 15) is 4.79 Å². The van der Waals surface area contributed by atoms with E-state index in [0.717, 1.165) is 17.5 Å². The van der Waals surface area contributed by atoms with Crippen LogP contribution < -0.4 is 5.32 Å². The largest absolute Gasteiger partial charge is 0.347 e.